The SMILES string of the molecule is O=C([O-])c1nnc2n1CCCN2.[Na+]. The number of anilines is 1. The van der Waals surface area contributed by atoms with Crippen molar-refractivity contribution in [3.63, 3.8) is 0 Å². The molecule has 0 fully saturated rings. The number of nitrogens with zero attached hydrogens (tertiary/aromatic N) is 3. The first-order valence-corrected chi connectivity index (χ1v) is 3.67. The van der Waals surface area contributed by atoms with Gasteiger partial charge in [-0.05, 0) is 6.42 Å². The Morgan fingerprint density at radius 3 is 3.00 bits per heavy atom. The molecule has 0 unspecified atom stereocenters. The fraction of sp³-hybridized carbons (Fsp3) is 0.500. The molecule has 0 spiro atoms. The number of rotatable bonds is 1. The van der Waals surface area contributed by atoms with E-state index in [0.29, 0.717) is 12.5 Å². The molecule has 1 aliphatic heterocycles. The van der Waals surface area contributed by atoms with E-state index < -0.39 is 5.97 Å². The Labute approximate surface area is 96.6 Å². The number of nitrogens with one attached hydrogen (secondary N) is 1. The van der Waals surface area contributed by atoms with Crippen LogP contribution in [0.4, 0.5) is 5.95 Å². The third-order valence-corrected chi connectivity index (χ3v) is 1.77. The van der Waals surface area contributed by atoms with E-state index in [0.717, 1.165) is 13.0 Å². The van der Waals surface area contributed by atoms with Gasteiger partial charge in [0.1, 0.15) is 5.97 Å². The molecule has 2 rings (SSSR count). The summed E-state index contributed by atoms with van der Waals surface area (Å²) in [6.07, 6.45) is 0.880. The predicted octanol–water partition coefficient (Wildman–Crippen LogP) is -4.54. The van der Waals surface area contributed by atoms with Gasteiger partial charge in [-0.2, -0.15) is 0 Å². The van der Waals surface area contributed by atoms with Crippen LogP contribution in [-0.2, 0) is 6.54 Å². The van der Waals surface area contributed by atoms with Gasteiger partial charge in [0.2, 0.25) is 5.95 Å². The van der Waals surface area contributed by atoms with Crippen LogP contribution in [0, 0.1) is 0 Å². The molecule has 1 aromatic heterocycles. The molecule has 2 heterocycles. The molecule has 0 aliphatic carbocycles. The van der Waals surface area contributed by atoms with Gasteiger partial charge in [0.05, 0.1) is 0 Å². The number of aromatic nitrogens is 3. The van der Waals surface area contributed by atoms with Crippen molar-refractivity contribution in [3.8, 4) is 0 Å². The zero-order chi connectivity index (χ0) is 8.55. The largest absolute Gasteiger partial charge is 1.00 e. The Kier molecular flexibility index (Phi) is 3.29. The standard InChI is InChI=1S/C6H8N4O2.Na/c11-5(12)4-8-9-6-7-2-1-3-10(4)6;/h1-3H2,(H,7,9)(H,11,12);/q;+1/p-1. The van der Waals surface area contributed by atoms with Gasteiger partial charge in [-0.1, -0.05) is 0 Å². The summed E-state index contributed by atoms with van der Waals surface area (Å²) < 4.78 is 1.51. The second-order valence-electron chi connectivity index (χ2n) is 2.57. The summed E-state index contributed by atoms with van der Waals surface area (Å²) in [5.74, 6) is -0.866. The minimum absolute atomic E-state index is 0. The fourth-order valence-corrected chi connectivity index (χ4v) is 1.23. The average Bonchev–Trinajstić information content (AvgIpc) is 2.47. The van der Waals surface area contributed by atoms with Gasteiger partial charge in [-0.25, -0.2) is 0 Å². The summed E-state index contributed by atoms with van der Waals surface area (Å²) in [6, 6.07) is 0. The van der Waals surface area contributed by atoms with E-state index in [1.165, 1.54) is 4.57 Å². The van der Waals surface area contributed by atoms with Gasteiger partial charge in [-0.15, -0.1) is 10.2 Å². The Balaban J connectivity index is 0.000000845. The summed E-state index contributed by atoms with van der Waals surface area (Å²) in [6.45, 7) is 1.45. The number of aromatic carboxylic acids is 1. The molecule has 0 aromatic carbocycles. The molecule has 1 N–H and O–H groups in total. The molecule has 0 atom stereocenters. The normalized spacial score (nSPS) is 13.8. The minimum Gasteiger partial charge on any atom is -0.541 e. The van der Waals surface area contributed by atoms with Gasteiger partial charge in [-0.3, -0.25) is 4.57 Å². The number of carboxylic acid groups (broad SMARTS) is 1. The van der Waals surface area contributed by atoms with E-state index in [1.54, 1.807) is 0 Å². The number of hydrogen-bond donors (Lipinski definition) is 1. The zero-order valence-electron chi connectivity index (χ0n) is 7.28. The Bertz CT molecular complexity index is 324. The van der Waals surface area contributed by atoms with Crippen LogP contribution in [0.3, 0.4) is 0 Å². The van der Waals surface area contributed by atoms with Crippen molar-refractivity contribution in [1.29, 1.82) is 0 Å². The van der Waals surface area contributed by atoms with Crippen molar-refractivity contribution < 1.29 is 39.5 Å². The average molecular weight is 190 g/mol. The maximum atomic E-state index is 10.5. The molecule has 0 amide bonds. The molecule has 0 saturated carbocycles. The third-order valence-electron chi connectivity index (χ3n) is 1.77. The van der Waals surface area contributed by atoms with Crippen molar-refractivity contribution in [2.24, 2.45) is 0 Å². The molecule has 0 saturated heterocycles. The van der Waals surface area contributed by atoms with Crippen LogP contribution in [0.5, 0.6) is 0 Å². The molecule has 0 bridgehead atoms. The maximum Gasteiger partial charge on any atom is 1.00 e. The van der Waals surface area contributed by atoms with Gasteiger partial charge >= 0.3 is 29.6 Å². The molecule has 0 radical (unpaired) electrons. The first-order valence-electron chi connectivity index (χ1n) is 3.67. The van der Waals surface area contributed by atoms with E-state index in [2.05, 4.69) is 15.5 Å². The topological polar surface area (TPSA) is 82.9 Å². The molecule has 13 heavy (non-hydrogen) atoms. The first-order chi connectivity index (χ1) is 5.79. The minimum atomic E-state index is -1.28. The van der Waals surface area contributed by atoms with Crippen LogP contribution in [0.15, 0.2) is 0 Å². The Morgan fingerprint density at radius 1 is 1.54 bits per heavy atom. The number of carbonyl (C=O) groups excluding carboxylic acids is 1. The molecular weight excluding hydrogens is 183 g/mol. The molecular formula is C6H7N4NaO2. The van der Waals surface area contributed by atoms with Crippen molar-refractivity contribution in [1.82, 2.24) is 14.8 Å². The van der Waals surface area contributed by atoms with Crippen LogP contribution in [0.2, 0.25) is 0 Å². The molecule has 7 heteroatoms. The van der Waals surface area contributed by atoms with Crippen molar-refractivity contribution >= 4 is 11.9 Å². The van der Waals surface area contributed by atoms with E-state index >= 15 is 0 Å². The number of hydrogen-bond acceptors (Lipinski definition) is 5. The number of carbonyl (C=O) groups is 1. The van der Waals surface area contributed by atoms with Crippen LogP contribution in [0.25, 0.3) is 0 Å². The molecule has 64 valence electrons. The van der Waals surface area contributed by atoms with E-state index in [4.69, 9.17) is 0 Å². The first kappa shape index (κ1) is 10.5. The van der Waals surface area contributed by atoms with Gasteiger partial charge in [0.15, 0.2) is 5.82 Å². The Morgan fingerprint density at radius 2 is 2.31 bits per heavy atom. The fourth-order valence-electron chi connectivity index (χ4n) is 1.23. The molecule has 1 aromatic rings. The molecule has 1 aliphatic rings. The third kappa shape index (κ3) is 1.84. The van der Waals surface area contributed by atoms with E-state index in [1.807, 2.05) is 0 Å². The predicted molar refractivity (Wildman–Crippen MR) is 37.5 cm³/mol. The maximum absolute atomic E-state index is 10.5. The monoisotopic (exact) mass is 190 g/mol. The summed E-state index contributed by atoms with van der Waals surface area (Å²) in [4.78, 5) is 10.5. The van der Waals surface area contributed by atoms with E-state index in [9.17, 15) is 9.90 Å². The van der Waals surface area contributed by atoms with Gasteiger partial charge in [0, 0.05) is 13.1 Å². The van der Waals surface area contributed by atoms with Gasteiger partial charge in [0.25, 0.3) is 0 Å². The summed E-state index contributed by atoms with van der Waals surface area (Å²) >= 11 is 0. The van der Waals surface area contributed by atoms with Crippen LogP contribution in [-0.4, -0.2) is 27.3 Å². The second kappa shape index (κ2) is 4.08. The van der Waals surface area contributed by atoms with Crippen LogP contribution < -0.4 is 40.0 Å². The smallest absolute Gasteiger partial charge is 0.541 e. The van der Waals surface area contributed by atoms with Crippen molar-refractivity contribution in [2.45, 2.75) is 13.0 Å². The van der Waals surface area contributed by atoms with E-state index in [-0.39, 0.29) is 35.4 Å². The summed E-state index contributed by atoms with van der Waals surface area (Å²) in [5.41, 5.74) is 0. The van der Waals surface area contributed by atoms with Crippen LogP contribution in [0.1, 0.15) is 17.0 Å². The summed E-state index contributed by atoms with van der Waals surface area (Å²) in [7, 11) is 0. The van der Waals surface area contributed by atoms with Gasteiger partial charge < -0.3 is 15.2 Å². The van der Waals surface area contributed by atoms with Crippen molar-refractivity contribution in [3.05, 3.63) is 5.82 Å². The quantitative estimate of drug-likeness (QED) is 0.451. The van der Waals surface area contributed by atoms with Crippen molar-refractivity contribution in [2.75, 3.05) is 11.9 Å². The van der Waals surface area contributed by atoms with Crippen LogP contribution >= 0.6 is 0 Å². The summed E-state index contributed by atoms with van der Waals surface area (Å²) in [5, 5.41) is 20.6. The molecule has 6 nitrogen and oxygen atoms in total. The Hall–Kier alpha value is -0.590. The second-order valence-corrected chi connectivity index (χ2v) is 2.57. The number of carboxylic acids is 1. The number of fused-ring (bicyclic) bond motifs is 1. The zero-order valence-corrected chi connectivity index (χ0v) is 9.28.